The van der Waals surface area contributed by atoms with Crippen molar-refractivity contribution in [2.24, 2.45) is 7.05 Å². The van der Waals surface area contributed by atoms with Crippen LogP contribution in [0.1, 0.15) is 18.5 Å². The molecule has 2 aromatic heterocycles. The van der Waals surface area contributed by atoms with Crippen molar-refractivity contribution < 1.29 is 4.79 Å². The second kappa shape index (κ2) is 6.13. The van der Waals surface area contributed by atoms with Crippen LogP contribution in [0, 0.1) is 0 Å². The van der Waals surface area contributed by atoms with E-state index in [1.165, 1.54) is 0 Å². The number of Topliss-reactive ketones (excluding diaryl/α,β-unsaturated/α-hetero) is 1. The average Bonchev–Trinajstić information content (AvgIpc) is 3.25. The maximum Gasteiger partial charge on any atom is 0.155 e. The van der Waals surface area contributed by atoms with Crippen molar-refractivity contribution in [3.8, 4) is 11.3 Å². The third-order valence-corrected chi connectivity index (χ3v) is 4.48. The van der Waals surface area contributed by atoms with Gasteiger partial charge in [-0.3, -0.25) is 14.5 Å². The Morgan fingerprint density at radius 3 is 3.00 bits per heavy atom. The Morgan fingerprint density at radius 2 is 2.25 bits per heavy atom. The fourth-order valence-electron chi connectivity index (χ4n) is 3.18. The number of pyridine rings is 1. The van der Waals surface area contributed by atoms with Crippen LogP contribution in [0.25, 0.3) is 22.0 Å². The van der Waals surface area contributed by atoms with Crippen molar-refractivity contribution in [2.75, 3.05) is 6.54 Å². The van der Waals surface area contributed by atoms with Gasteiger partial charge < -0.3 is 5.32 Å². The predicted molar refractivity (Wildman–Crippen MR) is 91.5 cm³/mol. The van der Waals surface area contributed by atoms with Crippen LogP contribution >= 0.6 is 0 Å². The standard InChI is InChI=1S/C18H19N5O/c1-23-11-17(21-22-23)12-4-5-13-10-20-15(8-14(13)7-12)9-18(24)16-3-2-6-19-16/h4-5,7-8,10-11,16,19H,2-3,6,9H2,1H3/t16-/m1/s1. The summed E-state index contributed by atoms with van der Waals surface area (Å²) in [6.45, 7) is 0.934. The van der Waals surface area contributed by atoms with E-state index in [1.54, 1.807) is 4.68 Å². The number of carbonyl (C=O) groups is 1. The van der Waals surface area contributed by atoms with Gasteiger partial charge in [-0.15, -0.1) is 5.10 Å². The number of aromatic nitrogens is 4. The first kappa shape index (κ1) is 15.0. The molecule has 0 unspecified atom stereocenters. The smallest absolute Gasteiger partial charge is 0.155 e. The summed E-state index contributed by atoms with van der Waals surface area (Å²) < 4.78 is 1.69. The molecule has 0 aliphatic carbocycles. The molecule has 3 heterocycles. The molecule has 0 amide bonds. The summed E-state index contributed by atoms with van der Waals surface area (Å²) in [6, 6.07) is 8.11. The van der Waals surface area contributed by atoms with Gasteiger partial charge in [0.05, 0.1) is 18.7 Å². The molecule has 6 heteroatoms. The van der Waals surface area contributed by atoms with Gasteiger partial charge in [-0.25, -0.2) is 0 Å². The van der Waals surface area contributed by atoms with E-state index < -0.39 is 0 Å². The summed E-state index contributed by atoms with van der Waals surface area (Å²) in [5.41, 5.74) is 2.66. The number of hydrogen-bond donors (Lipinski definition) is 1. The fraction of sp³-hybridized carbons (Fsp3) is 0.333. The van der Waals surface area contributed by atoms with E-state index in [2.05, 4.69) is 26.7 Å². The molecule has 1 saturated heterocycles. The molecule has 0 spiro atoms. The Hall–Kier alpha value is -2.60. The number of hydrogen-bond acceptors (Lipinski definition) is 5. The van der Waals surface area contributed by atoms with Gasteiger partial charge in [-0.05, 0) is 36.9 Å². The van der Waals surface area contributed by atoms with E-state index in [0.717, 1.165) is 47.1 Å². The molecule has 3 aromatic rings. The van der Waals surface area contributed by atoms with Crippen molar-refractivity contribution in [3.63, 3.8) is 0 Å². The van der Waals surface area contributed by atoms with Crippen molar-refractivity contribution in [1.82, 2.24) is 25.3 Å². The number of ketones is 1. The Kier molecular flexibility index (Phi) is 3.82. The van der Waals surface area contributed by atoms with E-state index in [9.17, 15) is 4.79 Å². The van der Waals surface area contributed by atoms with Gasteiger partial charge in [0.25, 0.3) is 0 Å². The van der Waals surface area contributed by atoms with Crippen LogP contribution in [0.5, 0.6) is 0 Å². The van der Waals surface area contributed by atoms with Crippen LogP contribution in [0.15, 0.2) is 36.7 Å². The topological polar surface area (TPSA) is 72.7 Å². The summed E-state index contributed by atoms with van der Waals surface area (Å²) in [7, 11) is 1.85. The Bertz CT molecular complexity index is 895. The first-order valence-corrected chi connectivity index (χ1v) is 8.20. The van der Waals surface area contributed by atoms with Gasteiger partial charge >= 0.3 is 0 Å². The quantitative estimate of drug-likeness (QED) is 0.794. The average molecular weight is 321 g/mol. The van der Waals surface area contributed by atoms with Gasteiger partial charge in [-0.1, -0.05) is 17.3 Å². The zero-order valence-electron chi connectivity index (χ0n) is 13.6. The highest BCUT2D eigenvalue weighted by Gasteiger charge is 2.22. The third kappa shape index (κ3) is 2.92. The summed E-state index contributed by atoms with van der Waals surface area (Å²) in [5, 5.41) is 13.5. The van der Waals surface area contributed by atoms with Gasteiger partial charge in [0.2, 0.25) is 0 Å². The molecule has 24 heavy (non-hydrogen) atoms. The molecule has 122 valence electrons. The minimum atomic E-state index is -0.00609. The summed E-state index contributed by atoms with van der Waals surface area (Å²) >= 11 is 0. The molecule has 1 aliphatic heterocycles. The van der Waals surface area contributed by atoms with Crippen molar-refractivity contribution >= 4 is 16.6 Å². The monoisotopic (exact) mass is 321 g/mol. The molecule has 1 aliphatic rings. The van der Waals surface area contributed by atoms with Gasteiger partial charge in [-0.2, -0.15) is 0 Å². The molecule has 1 atom stereocenters. The molecular weight excluding hydrogens is 302 g/mol. The summed E-state index contributed by atoms with van der Waals surface area (Å²) in [6.07, 6.45) is 6.11. The number of fused-ring (bicyclic) bond motifs is 1. The zero-order chi connectivity index (χ0) is 16.5. The van der Waals surface area contributed by atoms with E-state index in [-0.39, 0.29) is 11.8 Å². The van der Waals surface area contributed by atoms with Crippen LogP contribution in [0.2, 0.25) is 0 Å². The first-order valence-electron chi connectivity index (χ1n) is 8.20. The maximum absolute atomic E-state index is 12.3. The van der Waals surface area contributed by atoms with Crippen LogP contribution in [0.4, 0.5) is 0 Å². The lowest BCUT2D eigenvalue weighted by Gasteiger charge is -2.09. The maximum atomic E-state index is 12.3. The van der Waals surface area contributed by atoms with Crippen molar-refractivity contribution in [3.05, 3.63) is 42.4 Å². The first-order chi connectivity index (χ1) is 11.7. The Balaban J connectivity index is 1.62. The van der Waals surface area contributed by atoms with Gasteiger partial charge in [0, 0.05) is 29.9 Å². The molecule has 6 nitrogen and oxygen atoms in total. The van der Waals surface area contributed by atoms with Crippen molar-refractivity contribution in [1.29, 1.82) is 0 Å². The molecule has 1 N–H and O–H groups in total. The van der Waals surface area contributed by atoms with Crippen LogP contribution in [-0.4, -0.2) is 38.3 Å². The fourth-order valence-corrected chi connectivity index (χ4v) is 3.18. The van der Waals surface area contributed by atoms with Crippen molar-refractivity contribution in [2.45, 2.75) is 25.3 Å². The Labute approximate surface area is 139 Å². The molecule has 0 radical (unpaired) electrons. The number of benzene rings is 1. The lowest BCUT2D eigenvalue weighted by molar-refractivity contribution is -0.120. The molecule has 1 aromatic carbocycles. The van der Waals surface area contributed by atoms with Gasteiger partial charge in [0.15, 0.2) is 5.78 Å². The minimum Gasteiger partial charge on any atom is -0.307 e. The summed E-state index contributed by atoms with van der Waals surface area (Å²) in [5.74, 6) is 0.226. The van der Waals surface area contributed by atoms with E-state index in [1.807, 2.05) is 37.6 Å². The second-order valence-electron chi connectivity index (χ2n) is 6.31. The van der Waals surface area contributed by atoms with Gasteiger partial charge in [0.1, 0.15) is 5.69 Å². The highest BCUT2D eigenvalue weighted by atomic mass is 16.1. The minimum absolute atomic E-state index is 0.00609. The normalized spacial score (nSPS) is 17.5. The molecular formula is C18H19N5O. The number of nitrogens with one attached hydrogen (secondary N) is 1. The largest absolute Gasteiger partial charge is 0.307 e. The third-order valence-electron chi connectivity index (χ3n) is 4.48. The van der Waals surface area contributed by atoms with Crippen LogP contribution in [0.3, 0.4) is 0 Å². The van der Waals surface area contributed by atoms with E-state index >= 15 is 0 Å². The lowest BCUT2D eigenvalue weighted by atomic mass is 10.0. The molecule has 0 saturated carbocycles. The van der Waals surface area contributed by atoms with Crippen LogP contribution < -0.4 is 5.32 Å². The van der Waals surface area contributed by atoms with E-state index in [4.69, 9.17) is 0 Å². The highest BCUT2D eigenvalue weighted by Crippen LogP contribution is 2.23. The predicted octanol–water partition coefficient (Wildman–Crippen LogP) is 1.89. The Morgan fingerprint density at radius 1 is 1.33 bits per heavy atom. The summed E-state index contributed by atoms with van der Waals surface area (Å²) in [4.78, 5) is 16.8. The second-order valence-corrected chi connectivity index (χ2v) is 6.31. The van der Waals surface area contributed by atoms with E-state index in [0.29, 0.717) is 6.42 Å². The molecule has 0 bridgehead atoms. The zero-order valence-corrected chi connectivity index (χ0v) is 13.6. The number of nitrogens with zero attached hydrogens (tertiary/aromatic N) is 4. The number of rotatable bonds is 4. The SMILES string of the molecule is Cn1cc(-c2ccc3cnc(CC(=O)[C@H]4CCCN4)cc3c2)nn1. The molecule has 4 rings (SSSR count). The van der Waals surface area contributed by atoms with Crippen LogP contribution in [-0.2, 0) is 18.3 Å². The number of aryl methyl sites for hydroxylation is 1. The lowest BCUT2D eigenvalue weighted by Crippen LogP contribution is -2.32. The number of carbonyl (C=O) groups excluding carboxylic acids is 1. The molecule has 1 fully saturated rings. The highest BCUT2D eigenvalue weighted by molar-refractivity contribution is 5.89.